The Morgan fingerprint density at radius 1 is 1.30 bits per heavy atom. The van der Waals surface area contributed by atoms with Crippen molar-refractivity contribution in [1.29, 1.82) is 0 Å². The van der Waals surface area contributed by atoms with Gasteiger partial charge >= 0.3 is 0 Å². The third-order valence-corrected chi connectivity index (χ3v) is 3.97. The fourth-order valence-corrected chi connectivity index (χ4v) is 2.80. The molecule has 0 spiro atoms. The Bertz CT molecular complexity index is 388. The van der Waals surface area contributed by atoms with Gasteiger partial charge in [-0.2, -0.15) is 0 Å². The van der Waals surface area contributed by atoms with Crippen molar-refractivity contribution in [3.05, 3.63) is 29.8 Å². The van der Waals surface area contributed by atoms with Crippen molar-refractivity contribution in [2.75, 3.05) is 19.7 Å². The van der Waals surface area contributed by atoms with Gasteiger partial charge < -0.3 is 15.2 Å². The molecule has 1 aliphatic rings. The van der Waals surface area contributed by atoms with Gasteiger partial charge in [0.25, 0.3) is 0 Å². The van der Waals surface area contributed by atoms with Crippen molar-refractivity contribution in [2.45, 2.75) is 45.1 Å². The monoisotopic (exact) mass is 277 g/mol. The van der Waals surface area contributed by atoms with Gasteiger partial charge in [0, 0.05) is 6.54 Å². The van der Waals surface area contributed by atoms with Crippen LogP contribution < -0.4 is 10.1 Å². The third-order valence-electron chi connectivity index (χ3n) is 3.97. The zero-order valence-corrected chi connectivity index (χ0v) is 12.5. The fraction of sp³-hybridized carbons (Fsp3) is 0.647. The van der Waals surface area contributed by atoms with E-state index in [4.69, 9.17) is 4.74 Å². The van der Waals surface area contributed by atoms with E-state index in [0.717, 1.165) is 18.2 Å². The van der Waals surface area contributed by atoms with E-state index in [1.165, 1.54) is 37.7 Å². The molecule has 1 aliphatic carbocycles. The third kappa shape index (κ3) is 5.51. The molecule has 2 rings (SSSR count). The predicted octanol–water partition coefficient (Wildman–Crippen LogP) is 2.90. The number of aliphatic hydroxyl groups excluding tert-OH is 1. The second-order valence-corrected chi connectivity index (χ2v) is 5.94. The van der Waals surface area contributed by atoms with E-state index in [9.17, 15) is 5.11 Å². The Balaban J connectivity index is 1.59. The Hall–Kier alpha value is -1.06. The summed E-state index contributed by atoms with van der Waals surface area (Å²) in [6.07, 6.45) is 6.35. The summed E-state index contributed by atoms with van der Waals surface area (Å²) in [5.74, 6) is 1.63. The molecule has 20 heavy (non-hydrogen) atoms. The Kier molecular flexibility index (Phi) is 6.34. The standard InChI is InChI=1S/C17H27NO2/c1-14-6-5-9-17(10-14)20-13-16(19)12-18-11-15-7-3-2-4-8-15/h5-6,9-10,15-16,18-19H,2-4,7-8,11-13H2,1H3. The van der Waals surface area contributed by atoms with Crippen LogP contribution in [-0.2, 0) is 0 Å². The summed E-state index contributed by atoms with van der Waals surface area (Å²) in [5.41, 5.74) is 1.17. The molecule has 1 aromatic carbocycles. The van der Waals surface area contributed by atoms with Crippen molar-refractivity contribution in [1.82, 2.24) is 5.32 Å². The predicted molar refractivity (Wildman–Crippen MR) is 82.1 cm³/mol. The van der Waals surface area contributed by atoms with Gasteiger partial charge in [-0.05, 0) is 49.9 Å². The van der Waals surface area contributed by atoms with Crippen molar-refractivity contribution < 1.29 is 9.84 Å². The van der Waals surface area contributed by atoms with E-state index in [1.54, 1.807) is 0 Å². The summed E-state index contributed by atoms with van der Waals surface area (Å²) in [4.78, 5) is 0. The maximum Gasteiger partial charge on any atom is 0.119 e. The number of hydrogen-bond donors (Lipinski definition) is 2. The second-order valence-electron chi connectivity index (χ2n) is 5.94. The van der Waals surface area contributed by atoms with E-state index in [1.807, 2.05) is 31.2 Å². The summed E-state index contributed by atoms with van der Waals surface area (Å²) in [6, 6.07) is 7.92. The average Bonchev–Trinajstić information content (AvgIpc) is 2.46. The second kappa shape index (κ2) is 8.28. The molecule has 2 N–H and O–H groups in total. The van der Waals surface area contributed by atoms with Gasteiger partial charge in [0.15, 0.2) is 0 Å². The van der Waals surface area contributed by atoms with Crippen molar-refractivity contribution >= 4 is 0 Å². The van der Waals surface area contributed by atoms with Crippen molar-refractivity contribution in [3.63, 3.8) is 0 Å². The highest BCUT2D eigenvalue weighted by Crippen LogP contribution is 2.22. The molecule has 1 atom stereocenters. The molecule has 0 aliphatic heterocycles. The Labute approximate surface area is 122 Å². The van der Waals surface area contributed by atoms with Crippen LogP contribution in [-0.4, -0.2) is 30.9 Å². The Morgan fingerprint density at radius 2 is 2.10 bits per heavy atom. The van der Waals surface area contributed by atoms with E-state index in [-0.39, 0.29) is 0 Å². The van der Waals surface area contributed by atoms with Crippen LogP contribution in [0.1, 0.15) is 37.7 Å². The molecule has 0 amide bonds. The molecule has 1 aromatic rings. The van der Waals surface area contributed by atoms with Gasteiger partial charge in [-0.1, -0.05) is 31.4 Å². The highest BCUT2D eigenvalue weighted by atomic mass is 16.5. The van der Waals surface area contributed by atoms with Gasteiger partial charge in [0.1, 0.15) is 18.5 Å². The average molecular weight is 277 g/mol. The van der Waals surface area contributed by atoms with Crippen molar-refractivity contribution in [3.8, 4) is 5.75 Å². The molecular formula is C17H27NO2. The molecule has 1 fully saturated rings. The number of hydrogen-bond acceptors (Lipinski definition) is 3. The number of benzene rings is 1. The first-order valence-electron chi connectivity index (χ1n) is 7.82. The lowest BCUT2D eigenvalue weighted by Gasteiger charge is -2.22. The molecule has 0 heterocycles. The number of aryl methyl sites for hydroxylation is 1. The van der Waals surface area contributed by atoms with Crippen LogP contribution in [0.2, 0.25) is 0 Å². The van der Waals surface area contributed by atoms with Crippen LogP contribution in [0.25, 0.3) is 0 Å². The molecule has 112 valence electrons. The molecular weight excluding hydrogens is 250 g/mol. The lowest BCUT2D eigenvalue weighted by atomic mass is 9.89. The highest BCUT2D eigenvalue weighted by molar-refractivity contribution is 5.27. The smallest absolute Gasteiger partial charge is 0.119 e. The van der Waals surface area contributed by atoms with Crippen LogP contribution >= 0.6 is 0 Å². The number of aliphatic hydroxyl groups is 1. The van der Waals surface area contributed by atoms with Crippen LogP contribution in [0.3, 0.4) is 0 Å². The summed E-state index contributed by atoms with van der Waals surface area (Å²) in [6.45, 7) is 4.03. The van der Waals surface area contributed by atoms with Crippen LogP contribution in [0.5, 0.6) is 5.75 Å². The zero-order valence-electron chi connectivity index (χ0n) is 12.5. The SMILES string of the molecule is Cc1cccc(OCC(O)CNCC2CCCCC2)c1. The molecule has 0 aromatic heterocycles. The molecule has 3 heteroatoms. The first-order chi connectivity index (χ1) is 9.74. The number of nitrogens with one attached hydrogen (secondary N) is 1. The topological polar surface area (TPSA) is 41.5 Å². The minimum absolute atomic E-state index is 0.348. The number of ether oxygens (including phenoxy) is 1. The molecule has 0 saturated heterocycles. The minimum atomic E-state index is -0.445. The number of rotatable bonds is 7. The van der Waals surface area contributed by atoms with Gasteiger partial charge in [-0.25, -0.2) is 0 Å². The lowest BCUT2D eigenvalue weighted by Crippen LogP contribution is -2.34. The van der Waals surface area contributed by atoms with Crippen LogP contribution in [0, 0.1) is 12.8 Å². The maximum atomic E-state index is 9.92. The quantitative estimate of drug-likeness (QED) is 0.805. The van der Waals surface area contributed by atoms with E-state index in [0.29, 0.717) is 13.2 Å². The molecule has 3 nitrogen and oxygen atoms in total. The van der Waals surface area contributed by atoms with E-state index in [2.05, 4.69) is 5.32 Å². The summed E-state index contributed by atoms with van der Waals surface area (Å²) >= 11 is 0. The Morgan fingerprint density at radius 3 is 2.85 bits per heavy atom. The normalized spacial score (nSPS) is 17.9. The van der Waals surface area contributed by atoms with Gasteiger partial charge in [0.2, 0.25) is 0 Å². The molecule has 1 saturated carbocycles. The first-order valence-corrected chi connectivity index (χ1v) is 7.82. The summed E-state index contributed by atoms with van der Waals surface area (Å²) in [7, 11) is 0. The van der Waals surface area contributed by atoms with Gasteiger partial charge in [0.05, 0.1) is 0 Å². The first kappa shape index (κ1) is 15.3. The minimum Gasteiger partial charge on any atom is -0.491 e. The maximum absolute atomic E-state index is 9.92. The van der Waals surface area contributed by atoms with Crippen LogP contribution in [0.15, 0.2) is 24.3 Å². The van der Waals surface area contributed by atoms with Gasteiger partial charge in [-0.3, -0.25) is 0 Å². The van der Waals surface area contributed by atoms with E-state index >= 15 is 0 Å². The molecule has 0 radical (unpaired) electrons. The zero-order chi connectivity index (χ0) is 14.2. The summed E-state index contributed by atoms with van der Waals surface area (Å²) < 4.78 is 5.60. The fourth-order valence-electron chi connectivity index (χ4n) is 2.80. The van der Waals surface area contributed by atoms with Crippen molar-refractivity contribution in [2.24, 2.45) is 5.92 Å². The van der Waals surface area contributed by atoms with Gasteiger partial charge in [-0.15, -0.1) is 0 Å². The molecule has 1 unspecified atom stereocenters. The summed E-state index contributed by atoms with van der Waals surface area (Å²) in [5, 5.41) is 13.3. The largest absolute Gasteiger partial charge is 0.491 e. The van der Waals surface area contributed by atoms with Crippen LogP contribution in [0.4, 0.5) is 0 Å². The lowest BCUT2D eigenvalue weighted by molar-refractivity contribution is 0.105. The molecule has 0 bridgehead atoms. The highest BCUT2D eigenvalue weighted by Gasteiger charge is 2.13. The van der Waals surface area contributed by atoms with E-state index < -0.39 is 6.10 Å².